The van der Waals surface area contributed by atoms with Crippen LogP contribution < -0.4 is 5.32 Å². The van der Waals surface area contributed by atoms with Crippen molar-refractivity contribution in [3.05, 3.63) is 0 Å². The fraction of sp³-hybridized carbons (Fsp3) is 1.00. The highest BCUT2D eigenvalue weighted by atomic mass is 16.7. The van der Waals surface area contributed by atoms with Crippen molar-refractivity contribution < 1.29 is 9.47 Å². The maximum absolute atomic E-state index is 4.86. The van der Waals surface area contributed by atoms with Crippen molar-refractivity contribution >= 4 is 0 Å². The topological polar surface area (TPSA) is 33.7 Å². The summed E-state index contributed by atoms with van der Waals surface area (Å²) in [6.45, 7) is 0. The molecule has 0 atom stereocenters. The van der Waals surface area contributed by atoms with Gasteiger partial charge in [-0.05, 0) is 28.2 Å². The Morgan fingerprint density at radius 2 is 1.36 bits per heavy atom. The normalized spacial score (nSPS) is 9.82. The summed E-state index contributed by atoms with van der Waals surface area (Å²) in [6.07, 6.45) is -0.213. The van der Waals surface area contributed by atoms with Crippen molar-refractivity contribution in [1.29, 1.82) is 0 Å². The molecule has 0 rings (SSSR count). The van der Waals surface area contributed by atoms with Crippen LogP contribution in [-0.4, -0.2) is 53.7 Å². The molecule has 0 radical (unpaired) electrons. The first-order valence-electron chi connectivity index (χ1n) is 3.44. The number of hydrogen-bond donors (Lipinski definition) is 1. The van der Waals surface area contributed by atoms with E-state index in [0.29, 0.717) is 0 Å². The van der Waals surface area contributed by atoms with E-state index in [2.05, 4.69) is 5.32 Å². The van der Waals surface area contributed by atoms with Crippen LogP contribution in [0.15, 0.2) is 0 Å². The molecular weight excluding hydrogens is 144 g/mol. The van der Waals surface area contributed by atoms with Gasteiger partial charge >= 0.3 is 0 Å². The predicted molar refractivity (Wildman–Crippen MR) is 46.5 cm³/mol. The van der Waals surface area contributed by atoms with Crippen LogP contribution >= 0.6 is 0 Å². The average Bonchev–Trinajstić information content (AvgIpc) is 1.91. The first kappa shape index (κ1) is 13.4. The van der Waals surface area contributed by atoms with Crippen LogP contribution in [0.4, 0.5) is 0 Å². The molecule has 0 fully saturated rings. The Morgan fingerprint density at radius 1 is 1.09 bits per heavy atom. The number of nitrogens with zero attached hydrogens (tertiary/aromatic N) is 1. The van der Waals surface area contributed by atoms with Crippen LogP contribution in [0.2, 0.25) is 0 Å². The molecule has 0 spiro atoms. The zero-order valence-electron chi connectivity index (χ0n) is 8.34. The van der Waals surface area contributed by atoms with Gasteiger partial charge < -0.3 is 14.8 Å². The Hall–Kier alpha value is -0.160. The minimum Gasteiger partial charge on any atom is -0.343 e. The second kappa shape index (κ2) is 9.84. The maximum Gasteiger partial charge on any atom is 0.217 e. The van der Waals surface area contributed by atoms with Gasteiger partial charge in [0.25, 0.3) is 0 Å². The van der Waals surface area contributed by atoms with Gasteiger partial charge in [-0.25, -0.2) is 0 Å². The molecule has 0 unspecified atom stereocenters. The second-order valence-corrected chi connectivity index (χ2v) is 2.24. The first-order chi connectivity index (χ1) is 5.13. The molecular formula is C7H20N2O2. The van der Waals surface area contributed by atoms with Crippen molar-refractivity contribution in [2.45, 2.75) is 6.41 Å². The minimum atomic E-state index is -0.213. The van der Waals surface area contributed by atoms with Crippen molar-refractivity contribution in [2.24, 2.45) is 0 Å². The minimum absolute atomic E-state index is 0.213. The molecule has 0 aliphatic carbocycles. The maximum atomic E-state index is 4.86. The molecule has 0 saturated carbocycles. The summed E-state index contributed by atoms with van der Waals surface area (Å²) < 4.78 is 9.73. The number of methoxy groups -OCH3 is 2. The van der Waals surface area contributed by atoms with Crippen molar-refractivity contribution in [1.82, 2.24) is 10.2 Å². The molecule has 4 nitrogen and oxygen atoms in total. The number of rotatable bonds is 3. The van der Waals surface area contributed by atoms with Crippen LogP contribution in [0.3, 0.4) is 0 Å². The van der Waals surface area contributed by atoms with E-state index in [0.717, 1.165) is 0 Å². The summed E-state index contributed by atoms with van der Waals surface area (Å²) in [5, 5.41) is 2.75. The van der Waals surface area contributed by atoms with Gasteiger partial charge in [-0.3, -0.25) is 4.90 Å². The quantitative estimate of drug-likeness (QED) is 0.593. The van der Waals surface area contributed by atoms with Gasteiger partial charge in [0.2, 0.25) is 6.41 Å². The molecule has 0 bridgehead atoms. The van der Waals surface area contributed by atoms with E-state index in [4.69, 9.17) is 9.47 Å². The molecule has 0 amide bonds. The lowest BCUT2D eigenvalue weighted by Gasteiger charge is -2.19. The molecule has 0 aliphatic rings. The van der Waals surface area contributed by atoms with E-state index in [1.807, 2.05) is 33.1 Å². The van der Waals surface area contributed by atoms with E-state index >= 15 is 0 Å². The molecule has 0 aromatic heterocycles. The lowest BCUT2D eigenvalue weighted by Crippen LogP contribution is -2.30. The van der Waals surface area contributed by atoms with E-state index in [1.54, 1.807) is 14.2 Å². The van der Waals surface area contributed by atoms with Crippen LogP contribution in [0.5, 0.6) is 0 Å². The van der Waals surface area contributed by atoms with E-state index in [1.165, 1.54) is 0 Å². The van der Waals surface area contributed by atoms with E-state index in [9.17, 15) is 0 Å². The molecule has 70 valence electrons. The van der Waals surface area contributed by atoms with Crippen molar-refractivity contribution in [3.8, 4) is 0 Å². The van der Waals surface area contributed by atoms with Gasteiger partial charge in [0.1, 0.15) is 0 Å². The van der Waals surface area contributed by atoms with Crippen LogP contribution in [-0.2, 0) is 9.47 Å². The SMILES string of the molecule is CNC.COC(OC)N(C)C. The summed E-state index contributed by atoms with van der Waals surface area (Å²) in [5.41, 5.74) is 0. The Kier molecular flexibility index (Phi) is 12.0. The zero-order valence-corrected chi connectivity index (χ0v) is 8.34. The number of nitrogens with one attached hydrogen (secondary N) is 1. The number of hydrogen-bond acceptors (Lipinski definition) is 4. The molecule has 0 saturated heterocycles. The summed E-state index contributed by atoms with van der Waals surface area (Å²) in [6, 6.07) is 0. The standard InChI is InChI=1S/C5H13NO2.C2H7N/c1-6(2)5(7-3)8-4;1-3-2/h5H,1-4H3;3H,1-2H3. The van der Waals surface area contributed by atoms with Crippen molar-refractivity contribution in [3.63, 3.8) is 0 Å². The smallest absolute Gasteiger partial charge is 0.217 e. The number of ether oxygens (including phenoxy) is 2. The fourth-order valence-electron chi connectivity index (χ4n) is 0.518. The lowest BCUT2D eigenvalue weighted by molar-refractivity contribution is -0.179. The van der Waals surface area contributed by atoms with Gasteiger partial charge in [0, 0.05) is 14.2 Å². The predicted octanol–water partition coefficient (Wildman–Crippen LogP) is -0.0400. The third kappa shape index (κ3) is 9.84. The summed E-state index contributed by atoms with van der Waals surface area (Å²) in [4.78, 5) is 1.83. The van der Waals surface area contributed by atoms with E-state index in [-0.39, 0.29) is 6.41 Å². The highest BCUT2D eigenvalue weighted by Crippen LogP contribution is 1.91. The van der Waals surface area contributed by atoms with Crippen LogP contribution in [0, 0.1) is 0 Å². The molecule has 11 heavy (non-hydrogen) atoms. The Bertz CT molecular complexity index is 65.5. The summed E-state index contributed by atoms with van der Waals surface area (Å²) in [7, 11) is 10.7. The van der Waals surface area contributed by atoms with Gasteiger partial charge in [0.05, 0.1) is 0 Å². The third-order valence-electron chi connectivity index (χ3n) is 0.825. The molecule has 0 aromatic carbocycles. The van der Waals surface area contributed by atoms with Gasteiger partial charge in [-0.15, -0.1) is 0 Å². The van der Waals surface area contributed by atoms with Gasteiger partial charge in [-0.1, -0.05) is 0 Å². The van der Waals surface area contributed by atoms with Crippen molar-refractivity contribution in [2.75, 3.05) is 42.4 Å². The fourth-order valence-corrected chi connectivity index (χ4v) is 0.518. The average molecular weight is 164 g/mol. The summed E-state index contributed by atoms with van der Waals surface area (Å²) >= 11 is 0. The van der Waals surface area contributed by atoms with Crippen LogP contribution in [0.1, 0.15) is 0 Å². The van der Waals surface area contributed by atoms with E-state index < -0.39 is 0 Å². The molecule has 0 aromatic rings. The highest BCUT2D eigenvalue weighted by molar-refractivity contribution is 4.33. The molecule has 4 heteroatoms. The summed E-state index contributed by atoms with van der Waals surface area (Å²) in [5.74, 6) is 0. The van der Waals surface area contributed by atoms with Gasteiger partial charge in [0.15, 0.2) is 0 Å². The molecule has 0 aliphatic heterocycles. The highest BCUT2D eigenvalue weighted by Gasteiger charge is 2.04. The second-order valence-electron chi connectivity index (χ2n) is 2.24. The molecule has 0 heterocycles. The van der Waals surface area contributed by atoms with Crippen LogP contribution in [0.25, 0.3) is 0 Å². The largest absolute Gasteiger partial charge is 0.343 e. The first-order valence-corrected chi connectivity index (χ1v) is 3.44. The third-order valence-corrected chi connectivity index (χ3v) is 0.825. The Balaban J connectivity index is 0. The van der Waals surface area contributed by atoms with Gasteiger partial charge in [-0.2, -0.15) is 0 Å². The monoisotopic (exact) mass is 164 g/mol. The lowest BCUT2D eigenvalue weighted by atomic mass is 10.9. The Labute approximate surface area is 69.5 Å². The Morgan fingerprint density at radius 3 is 1.36 bits per heavy atom. The zero-order chi connectivity index (χ0) is 9.28. The molecule has 1 N–H and O–H groups in total.